The van der Waals surface area contributed by atoms with Crippen LogP contribution in [0, 0.1) is 5.92 Å². The zero-order valence-electron chi connectivity index (χ0n) is 16.5. The van der Waals surface area contributed by atoms with E-state index in [2.05, 4.69) is 30.8 Å². The van der Waals surface area contributed by atoms with Gasteiger partial charge in [-0.25, -0.2) is 8.42 Å². The van der Waals surface area contributed by atoms with Crippen LogP contribution in [0.5, 0.6) is 0 Å². The van der Waals surface area contributed by atoms with Gasteiger partial charge in [0.05, 0.1) is 4.90 Å². The van der Waals surface area contributed by atoms with E-state index in [0.29, 0.717) is 23.7 Å². The van der Waals surface area contributed by atoms with E-state index >= 15 is 0 Å². The minimum Gasteiger partial charge on any atom is -0.352 e. The number of carbonyl (C=O) groups excluding carboxylic acids is 1. The maximum Gasteiger partial charge on any atom is 0.261 e. The SMILES string of the molecule is CC(C)CNC(=O)c1ccc(S(=O)(=O)Nc2ccc(C(C)(C)C)cc2)cc1. The summed E-state index contributed by atoms with van der Waals surface area (Å²) in [5.41, 5.74) is 2.07. The smallest absolute Gasteiger partial charge is 0.261 e. The Hall–Kier alpha value is -2.34. The Morgan fingerprint density at radius 3 is 2.00 bits per heavy atom. The van der Waals surface area contributed by atoms with E-state index in [-0.39, 0.29) is 16.2 Å². The molecule has 0 saturated carbocycles. The van der Waals surface area contributed by atoms with Gasteiger partial charge in [-0.3, -0.25) is 9.52 Å². The van der Waals surface area contributed by atoms with Crippen molar-refractivity contribution >= 4 is 21.6 Å². The minimum atomic E-state index is -3.71. The van der Waals surface area contributed by atoms with Crippen molar-refractivity contribution in [3.8, 4) is 0 Å². The number of hydrogen-bond acceptors (Lipinski definition) is 3. The molecule has 2 rings (SSSR count). The van der Waals surface area contributed by atoms with Gasteiger partial charge in [0, 0.05) is 17.8 Å². The molecule has 0 radical (unpaired) electrons. The molecular weight excluding hydrogens is 360 g/mol. The Kier molecular flexibility index (Phi) is 6.31. The number of nitrogens with one attached hydrogen (secondary N) is 2. The number of sulfonamides is 1. The van der Waals surface area contributed by atoms with E-state index in [1.807, 2.05) is 26.0 Å². The van der Waals surface area contributed by atoms with Crippen molar-refractivity contribution in [2.75, 3.05) is 11.3 Å². The molecule has 27 heavy (non-hydrogen) atoms. The average molecular weight is 389 g/mol. The predicted molar refractivity (Wildman–Crippen MR) is 110 cm³/mol. The molecule has 0 unspecified atom stereocenters. The van der Waals surface area contributed by atoms with E-state index < -0.39 is 10.0 Å². The molecule has 0 aliphatic carbocycles. The minimum absolute atomic E-state index is 0.00335. The van der Waals surface area contributed by atoms with Crippen molar-refractivity contribution in [3.63, 3.8) is 0 Å². The molecule has 0 bridgehead atoms. The highest BCUT2D eigenvalue weighted by Gasteiger charge is 2.17. The van der Waals surface area contributed by atoms with Crippen LogP contribution in [0.2, 0.25) is 0 Å². The normalized spacial score (nSPS) is 12.1. The van der Waals surface area contributed by atoms with Crippen LogP contribution in [0.1, 0.15) is 50.5 Å². The first-order valence-electron chi connectivity index (χ1n) is 9.00. The van der Waals surface area contributed by atoms with Crippen molar-refractivity contribution in [3.05, 3.63) is 59.7 Å². The van der Waals surface area contributed by atoms with Gasteiger partial charge >= 0.3 is 0 Å². The molecule has 1 amide bonds. The van der Waals surface area contributed by atoms with Gasteiger partial charge in [0.1, 0.15) is 0 Å². The Morgan fingerprint density at radius 2 is 1.52 bits per heavy atom. The van der Waals surface area contributed by atoms with Crippen molar-refractivity contribution < 1.29 is 13.2 Å². The fraction of sp³-hybridized carbons (Fsp3) is 0.381. The Labute approximate surface area is 162 Å². The number of hydrogen-bond donors (Lipinski definition) is 2. The maximum absolute atomic E-state index is 12.6. The molecule has 0 spiro atoms. The molecule has 5 nitrogen and oxygen atoms in total. The lowest BCUT2D eigenvalue weighted by Crippen LogP contribution is -2.27. The second-order valence-corrected chi connectivity index (χ2v) is 9.74. The fourth-order valence-corrected chi connectivity index (χ4v) is 3.50. The number of amides is 1. The van der Waals surface area contributed by atoms with Gasteiger partial charge in [-0.05, 0) is 53.3 Å². The van der Waals surface area contributed by atoms with Crippen LogP contribution >= 0.6 is 0 Å². The van der Waals surface area contributed by atoms with E-state index in [1.165, 1.54) is 24.3 Å². The number of rotatable bonds is 6. The monoisotopic (exact) mass is 388 g/mol. The van der Waals surface area contributed by atoms with Crippen molar-refractivity contribution in [2.45, 2.75) is 44.9 Å². The van der Waals surface area contributed by atoms with Crippen LogP contribution in [-0.4, -0.2) is 20.9 Å². The van der Waals surface area contributed by atoms with Crippen LogP contribution in [0.3, 0.4) is 0 Å². The third-order valence-corrected chi connectivity index (χ3v) is 5.50. The molecule has 6 heteroatoms. The average Bonchev–Trinajstić information content (AvgIpc) is 2.59. The summed E-state index contributed by atoms with van der Waals surface area (Å²) < 4.78 is 27.7. The van der Waals surface area contributed by atoms with Gasteiger partial charge in [0.25, 0.3) is 15.9 Å². The molecule has 0 aromatic heterocycles. The molecule has 2 N–H and O–H groups in total. The molecule has 0 aliphatic heterocycles. The highest BCUT2D eigenvalue weighted by atomic mass is 32.2. The van der Waals surface area contributed by atoms with E-state index in [0.717, 1.165) is 5.56 Å². The predicted octanol–water partition coefficient (Wildman–Crippen LogP) is 4.17. The first kappa shape index (κ1) is 21.0. The lowest BCUT2D eigenvalue weighted by molar-refractivity contribution is 0.0949. The Balaban J connectivity index is 2.11. The van der Waals surface area contributed by atoms with Gasteiger partial charge in [-0.1, -0.05) is 46.8 Å². The first-order valence-corrected chi connectivity index (χ1v) is 10.5. The second-order valence-electron chi connectivity index (χ2n) is 8.06. The maximum atomic E-state index is 12.6. The van der Waals surface area contributed by atoms with Crippen LogP contribution in [0.15, 0.2) is 53.4 Å². The third-order valence-electron chi connectivity index (χ3n) is 4.10. The van der Waals surface area contributed by atoms with Gasteiger partial charge in [0.15, 0.2) is 0 Å². The standard InChI is InChI=1S/C21H28N2O3S/c1-15(2)14-22-20(24)16-6-12-19(13-7-16)27(25,26)23-18-10-8-17(9-11-18)21(3,4)5/h6-13,15,23H,14H2,1-5H3,(H,22,24). The number of carbonyl (C=O) groups is 1. The molecule has 2 aromatic rings. The summed E-state index contributed by atoms with van der Waals surface area (Å²) in [6.07, 6.45) is 0. The van der Waals surface area contributed by atoms with Crippen LogP contribution in [0.25, 0.3) is 0 Å². The summed E-state index contributed by atoms with van der Waals surface area (Å²) in [6.45, 7) is 10.9. The van der Waals surface area contributed by atoms with Crippen molar-refractivity contribution in [1.82, 2.24) is 5.32 Å². The van der Waals surface area contributed by atoms with Gasteiger partial charge in [-0.2, -0.15) is 0 Å². The zero-order chi connectivity index (χ0) is 20.2. The quantitative estimate of drug-likeness (QED) is 0.780. The van der Waals surface area contributed by atoms with Gasteiger partial charge in [0.2, 0.25) is 0 Å². The Morgan fingerprint density at radius 1 is 0.963 bits per heavy atom. The largest absolute Gasteiger partial charge is 0.352 e. The van der Waals surface area contributed by atoms with E-state index in [9.17, 15) is 13.2 Å². The van der Waals surface area contributed by atoms with Gasteiger partial charge in [-0.15, -0.1) is 0 Å². The summed E-state index contributed by atoms with van der Waals surface area (Å²) in [5.74, 6) is 0.140. The van der Waals surface area contributed by atoms with E-state index in [1.54, 1.807) is 12.1 Å². The highest BCUT2D eigenvalue weighted by Crippen LogP contribution is 2.24. The van der Waals surface area contributed by atoms with E-state index in [4.69, 9.17) is 0 Å². The van der Waals surface area contributed by atoms with Crippen LogP contribution in [-0.2, 0) is 15.4 Å². The molecule has 146 valence electrons. The van der Waals surface area contributed by atoms with Gasteiger partial charge < -0.3 is 5.32 Å². The summed E-state index contributed by atoms with van der Waals surface area (Å²) >= 11 is 0. The molecular formula is C21H28N2O3S. The Bertz CT molecular complexity index is 879. The van der Waals surface area contributed by atoms with Crippen molar-refractivity contribution in [1.29, 1.82) is 0 Å². The molecule has 0 aliphatic rings. The molecule has 2 aromatic carbocycles. The summed E-state index contributed by atoms with van der Waals surface area (Å²) in [4.78, 5) is 12.2. The zero-order valence-corrected chi connectivity index (χ0v) is 17.4. The molecule has 0 fully saturated rings. The summed E-state index contributed by atoms with van der Waals surface area (Å²) in [5, 5.41) is 2.81. The molecule has 0 saturated heterocycles. The molecule has 0 heterocycles. The topological polar surface area (TPSA) is 75.3 Å². The fourth-order valence-electron chi connectivity index (χ4n) is 2.44. The highest BCUT2D eigenvalue weighted by molar-refractivity contribution is 7.92. The second kappa shape index (κ2) is 8.13. The molecule has 0 atom stereocenters. The number of anilines is 1. The lowest BCUT2D eigenvalue weighted by Gasteiger charge is -2.19. The third kappa shape index (κ3) is 5.82. The summed E-state index contributed by atoms with van der Waals surface area (Å²) in [6, 6.07) is 13.3. The van der Waals surface area contributed by atoms with Crippen molar-refractivity contribution in [2.24, 2.45) is 5.92 Å². The van der Waals surface area contributed by atoms with Crippen LogP contribution in [0.4, 0.5) is 5.69 Å². The summed E-state index contributed by atoms with van der Waals surface area (Å²) in [7, 11) is -3.71. The lowest BCUT2D eigenvalue weighted by atomic mass is 9.87. The number of benzene rings is 2. The van der Waals surface area contributed by atoms with Crippen LogP contribution < -0.4 is 10.0 Å². The first-order chi connectivity index (χ1) is 12.5.